The van der Waals surface area contributed by atoms with Crippen LogP contribution in [0.2, 0.25) is 0 Å². The van der Waals surface area contributed by atoms with E-state index in [2.05, 4.69) is 10.2 Å². The Kier molecular flexibility index (Phi) is 5.03. The van der Waals surface area contributed by atoms with E-state index < -0.39 is 0 Å². The van der Waals surface area contributed by atoms with Gasteiger partial charge < -0.3 is 15.7 Å². The van der Waals surface area contributed by atoms with Crippen molar-refractivity contribution in [2.75, 3.05) is 24.6 Å². The number of aliphatic hydroxyl groups excluding tert-OH is 1. The number of aliphatic hydroxyl groups is 1. The Bertz CT molecular complexity index is 433. The highest BCUT2D eigenvalue weighted by atomic mass is 16.3. The molecule has 0 unspecified atom stereocenters. The first-order chi connectivity index (χ1) is 8.52. The first-order valence-electron chi connectivity index (χ1n) is 6.07. The number of nitrogens with one attached hydrogen (secondary N) is 1. The number of hydrogen-bond donors (Lipinski definition) is 3. The predicted octanol–water partition coefficient (Wildman–Crippen LogP) is 0.586. The summed E-state index contributed by atoms with van der Waals surface area (Å²) in [5, 5.41) is 24.8. The number of rotatable bonds is 6. The highest BCUT2D eigenvalue weighted by Crippen LogP contribution is 2.21. The maximum Gasteiger partial charge on any atom is 0.162 e. The van der Waals surface area contributed by atoms with Gasteiger partial charge in [0, 0.05) is 19.7 Å². The summed E-state index contributed by atoms with van der Waals surface area (Å²) in [4.78, 5) is 1.98. The van der Waals surface area contributed by atoms with E-state index in [4.69, 9.17) is 16.2 Å². The molecule has 1 aromatic rings. The van der Waals surface area contributed by atoms with Gasteiger partial charge in [0.25, 0.3) is 0 Å². The summed E-state index contributed by atoms with van der Waals surface area (Å²) in [7, 11) is 0. The lowest BCUT2D eigenvalue weighted by atomic mass is 10.1. The van der Waals surface area contributed by atoms with Gasteiger partial charge >= 0.3 is 0 Å². The van der Waals surface area contributed by atoms with Gasteiger partial charge in [-0.3, -0.25) is 5.41 Å². The molecule has 0 amide bonds. The van der Waals surface area contributed by atoms with Crippen LogP contribution in [0.15, 0.2) is 0 Å². The minimum absolute atomic E-state index is 0.00273. The second kappa shape index (κ2) is 6.30. The van der Waals surface area contributed by atoms with Crippen LogP contribution in [-0.4, -0.2) is 40.8 Å². The molecule has 0 saturated carbocycles. The van der Waals surface area contributed by atoms with Crippen LogP contribution < -0.4 is 10.6 Å². The molecular weight excluding hydrogens is 230 g/mol. The Morgan fingerprint density at radius 2 is 2.06 bits per heavy atom. The fourth-order valence-corrected chi connectivity index (χ4v) is 1.82. The Morgan fingerprint density at radius 1 is 1.39 bits per heavy atom. The molecule has 1 rings (SSSR count). The molecule has 100 valence electrons. The minimum Gasteiger partial charge on any atom is -0.396 e. The monoisotopic (exact) mass is 251 g/mol. The molecule has 0 atom stereocenters. The first-order valence-corrected chi connectivity index (χ1v) is 6.07. The molecule has 0 saturated heterocycles. The highest BCUT2D eigenvalue weighted by molar-refractivity contribution is 6.01. The number of nitrogens with zero attached hydrogens (tertiary/aromatic N) is 3. The average Bonchev–Trinajstić information content (AvgIpc) is 2.34. The highest BCUT2D eigenvalue weighted by Gasteiger charge is 2.18. The molecule has 0 fully saturated rings. The third-order valence-corrected chi connectivity index (χ3v) is 2.97. The molecule has 0 bridgehead atoms. The van der Waals surface area contributed by atoms with Gasteiger partial charge in [-0.05, 0) is 32.8 Å². The Labute approximate surface area is 107 Å². The van der Waals surface area contributed by atoms with Gasteiger partial charge in [0.15, 0.2) is 5.82 Å². The molecule has 18 heavy (non-hydrogen) atoms. The molecule has 1 aromatic heterocycles. The SMILES string of the molecule is CCN(CCCO)c1nnc(C)c(C)c1C(=N)N. The predicted molar refractivity (Wildman–Crippen MR) is 72.1 cm³/mol. The van der Waals surface area contributed by atoms with Crippen LogP contribution in [0.1, 0.15) is 30.2 Å². The summed E-state index contributed by atoms with van der Waals surface area (Å²) in [6.07, 6.45) is 0.653. The molecule has 0 aromatic carbocycles. The molecule has 0 aliphatic rings. The molecule has 0 aliphatic carbocycles. The number of nitrogens with two attached hydrogens (primary N) is 1. The molecular formula is C12H21N5O. The lowest BCUT2D eigenvalue weighted by molar-refractivity contribution is 0.289. The van der Waals surface area contributed by atoms with Crippen LogP contribution in [0.3, 0.4) is 0 Å². The van der Waals surface area contributed by atoms with Crippen LogP contribution in [0.25, 0.3) is 0 Å². The third-order valence-electron chi connectivity index (χ3n) is 2.97. The maximum absolute atomic E-state index is 8.91. The van der Waals surface area contributed by atoms with Crippen LogP contribution in [0.5, 0.6) is 0 Å². The normalized spacial score (nSPS) is 10.4. The lowest BCUT2D eigenvalue weighted by Crippen LogP contribution is -2.30. The third kappa shape index (κ3) is 2.95. The summed E-state index contributed by atoms with van der Waals surface area (Å²) >= 11 is 0. The molecule has 0 spiro atoms. The van der Waals surface area contributed by atoms with Gasteiger partial charge in [-0.2, -0.15) is 5.10 Å². The summed E-state index contributed by atoms with van der Waals surface area (Å²) in [5.74, 6) is 0.629. The van der Waals surface area contributed by atoms with E-state index in [0.717, 1.165) is 17.8 Å². The number of nitrogen functional groups attached to an aromatic ring is 1. The molecule has 1 heterocycles. The van der Waals surface area contributed by atoms with Gasteiger partial charge in [0.1, 0.15) is 5.84 Å². The minimum atomic E-state index is 0.00273. The number of anilines is 1. The largest absolute Gasteiger partial charge is 0.396 e. The van der Waals surface area contributed by atoms with E-state index in [1.54, 1.807) is 0 Å². The van der Waals surface area contributed by atoms with Gasteiger partial charge in [-0.1, -0.05) is 0 Å². The number of amidine groups is 1. The number of aryl methyl sites for hydroxylation is 1. The zero-order chi connectivity index (χ0) is 13.7. The second-order valence-corrected chi connectivity index (χ2v) is 4.18. The van der Waals surface area contributed by atoms with E-state index in [-0.39, 0.29) is 12.4 Å². The fraction of sp³-hybridized carbons (Fsp3) is 0.583. The van der Waals surface area contributed by atoms with Crippen LogP contribution in [0.4, 0.5) is 5.82 Å². The van der Waals surface area contributed by atoms with E-state index >= 15 is 0 Å². The van der Waals surface area contributed by atoms with E-state index in [1.165, 1.54) is 0 Å². The molecule has 6 nitrogen and oxygen atoms in total. The standard InChI is InChI=1S/C12H21N5O/c1-4-17(6-5-7-18)12-10(11(13)14)8(2)9(3)15-16-12/h18H,4-7H2,1-3H3,(H3,13,14). The van der Waals surface area contributed by atoms with Gasteiger partial charge in [0.05, 0.1) is 11.3 Å². The topological polar surface area (TPSA) is 99.1 Å². The Hall–Kier alpha value is -1.69. The van der Waals surface area contributed by atoms with Gasteiger partial charge in [0.2, 0.25) is 0 Å². The van der Waals surface area contributed by atoms with Crippen molar-refractivity contribution in [1.82, 2.24) is 10.2 Å². The van der Waals surface area contributed by atoms with Gasteiger partial charge in [-0.15, -0.1) is 5.10 Å². The summed E-state index contributed by atoms with van der Waals surface area (Å²) in [6, 6.07) is 0. The van der Waals surface area contributed by atoms with Crippen molar-refractivity contribution in [3.05, 3.63) is 16.8 Å². The van der Waals surface area contributed by atoms with E-state index in [9.17, 15) is 0 Å². The summed E-state index contributed by atoms with van der Waals surface area (Å²) in [5.41, 5.74) is 7.95. The molecule has 0 aliphatic heterocycles. The zero-order valence-electron chi connectivity index (χ0n) is 11.2. The lowest BCUT2D eigenvalue weighted by Gasteiger charge is -2.24. The Morgan fingerprint density at radius 3 is 2.56 bits per heavy atom. The zero-order valence-corrected chi connectivity index (χ0v) is 11.2. The van der Waals surface area contributed by atoms with Crippen molar-refractivity contribution in [3.8, 4) is 0 Å². The molecule has 4 N–H and O–H groups in total. The molecule has 0 radical (unpaired) electrons. The second-order valence-electron chi connectivity index (χ2n) is 4.18. The fourth-order valence-electron chi connectivity index (χ4n) is 1.82. The quantitative estimate of drug-likeness (QED) is 0.507. The van der Waals surface area contributed by atoms with Crippen molar-refractivity contribution < 1.29 is 5.11 Å². The van der Waals surface area contributed by atoms with Crippen LogP contribution in [-0.2, 0) is 0 Å². The van der Waals surface area contributed by atoms with Crippen molar-refractivity contribution in [3.63, 3.8) is 0 Å². The van der Waals surface area contributed by atoms with Crippen molar-refractivity contribution >= 4 is 11.7 Å². The first kappa shape index (κ1) is 14.4. The summed E-state index contributed by atoms with van der Waals surface area (Å²) in [6.45, 7) is 7.27. The van der Waals surface area contributed by atoms with Crippen molar-refractivity contribution in [1.29, 1.82) is 5.41 Å². The van der Waals surface area contributed by atoms with Crippen LogP contribution in [0, 0.1) is 19.3 Å². The van der Waals surface area contributed by atoms with E-state index in [1.807, 2.05) is 25.7 Å². The number of hydrogen-bond acceptors (Lipinski definition) is 5. The maximum atomic E-state index is 8.91. The number of aromatic nitrogens is 2. The van der Waals surface area contributed by atoms with Crippen LogP contribution >= 0.6 is 0 Å². The van der Waals surface area contributed by atoms with E-state index in [0.29, 0.717) is 24.3 Å². The smallest absolute Gasteiger partial charge is 0.162 e. The van der Waals surface area contributed by atoms with Crippen molar-refractivity contribution in [2.24, 2.45) is 5.73 Å². The average molecular weight is 251 g/mol. The Balaban J connectivity index is 3.21. The summed E-state index contributed by atoms with van der Waals surface area (Å²) < 4.78 is 0. The van der Waals surface area contributed by atoms with Gasteiger partial charge in [-0.25, -0.2) is 0 Å². The molecule has 6 heteroatoms. The van der Waals surface area contributed by atoms with Crippen molar-refractivity contribution in [2.45, 2.75) is 27.2 Å².